The Labute approximate surface area is 181 Å². The van der Waals surface area contributed by atoms with Crippen LogP contribution in [0.5, 0.6) is 11.5 Å². The lowest BCUT2D eigenvalue weighted by Crippen LogP contribution is -2.31. The van der Waals surface area contributed by atoms with Crippen molar-refractivity contribution in [2.24, 2.45) is 7.05 Å². The highest BCUT2D eigenvalue weighted by molar-refractivity contribution is 6.30. The van der Waals surface area contributed by atoms with Crippen molar-refractivity contribution in [1.29, 1.82) is 0 Å². The molecule has 0 aliphatic rings. The number of nitrogens with zero attached hydrogens (tertiary/aromatic N) is 2. The zero-order valence-corrected chi connectivity index (χ0v) is 18.1. The van der Waals surface area contributed by atoms with Gasteiger partial charge in [-0.1, -0.05) is 37.1 Å². The molecule has 0 spiro atoms. The number of aromatic nitrogens is 2. The molecule has 30 heavy (non-hydrogen) atoms. The number of methoxy groups -OCH3 is 1. The van der Waals surface area contributed by atoms with E-state index in [0.717, 1.165) is 24.2 Å². The van der Waals surface area contributed by atoms with E-state index in [1.807, 2.05) is 29.9 Å². The van der Waals surface area contributed by atoms with Crippen LogP contribution in [0.25, 0.3) is 0 Å². The number of imidazole rings is 1. The molecule has 1 heterocycles. The predicted molar refractivity (Wildman–Crippen MR) is 117 cm³/mol. The van der Waals surface area contributed by atoms with Crippen LogP contribution in [-0.4, -0.2) is 29.2 Å². The van der Waals surface area contributed by atoms with Crippen LogP contribution in [0.4, 0.5) is 0 Å². The summed E-state index contributed by atoms with van der Waals surface area (Å²) in [7, 11) is 3.46. The maximum atomic E-state index is 13.1. The summed E-state index contributed by atoms with van der Waals surface area (Å²) in [6.07, 6.45) is 5.55. The second kappa shape index (κ2) is 10.2. The summed E-state index contributed by atoms with van der Waals surface area (Å²) in [5.41, 5.74) is 1.36. The topological polar surface area (TPSA) is 65.4 Å². The van der Waals surface area contributed by atoms with Crippen LogP contribution in [0.2, 0.25) is 5.02 Å². The van der Waals surface area contributed by atoms with Crippen molar-refractivity contribution >= 4 is 17.5 Å². The second-order valence-electron chi connectivity index (χ2n) is 6.92. The fourth-order valence-electron chi connectivity index (χ4n) is 3.08. The third kappa shape index (κ3) is 5.13. The zero-order chi connectivity index (χ0) is 21.5. The van der Waals surface area contributed by atoms with Gasteiger partial charge in [0.25, 0.3) is 5.91 Å². The first-order chi connectivity index (χ1) is 14.5. The minimum atomic E-state index is -0.429. The third-order valence-electron chi connectivity index (χ3n) is 4.78. The van der Waals surface area contributed by atoms with Crippen molar-refractivity contribution < 1.29 is 14.3 Å². The largest absolute Gasteiger partial charge is 0.493 e. The molecule has 0 fully saturated rings. The zero-order valence-electron chi connectivity index (χ0n) is 17.4. The Morgan fingerprint density at radius 1 is 1.20 bits per heavy atom. The summed E-state index contributed by atoms with van der Waals surface area (Å²) in [6, 6.07) is 12.1. The molecule has 0 aliphatic carbocycles. The number of rotatable bonds is 9. The van der Waals surface area contributed by atoms with E-state index in [1.54, 1.807) is 43.6 Å². The van der Waals surface area contributed by atoms with Gasteiger partial charge in [0.2, 0.25) is 0 Å². The number of hydrogen-bond acceptors (Lipinski definition) is 4. The first-order valence-corrected chi connectivity index (χ1v) is 10.3. The molecule has 0 radical (unpaired) electrons. The Balaban J connectivity index is 1.85. The summed E-state index contributed by atoms with van der Waals surface area (Å²) < 4.78 is 13.1. The number of ether oxygens (including phenoxy) is 2. The quantitative estimate of drug-likeness (QED) is 0.499. The Morgan fingerprint density at radius 3 is 2.60 bits per heavy atom. The molecule has 7 heteroatoms. The lowest BCUT2D eigenvalue weighted by Gasteiger charge is -2.20. The molecule has 0 saturated heterocycles. The number of carbonyl (C=O) groups is 1. The van der Waals surface area contributed by atoms with E-state index in [9.17, 15) is 4.79 Å². The van der Waals surface area contributed by atoms with Crippen LogP contribution in [0.15, 0.2) is 54.9 Å². The molecule has 2 aromatic carbocycles. The normalized spacial score (nSPS) is 11.7. The van der Waals surface area contributed by atoms with E-state index in [1.165, 1.54) is 0 Å². The van der Waals surface area contributed by atoms with Crippen LogP contribution in [0, 0.1) is 0 Å². The SMILES string of the molecule is CCCCOc1ccc(C(=O)NC(c2ccc(Cl)cc2)c2nccn2C)cc1OC. The van der Waals surface area contributed by atoms with Gasteiger partial charge in [0.15, 0.2) is 11.5 Å². The summed E-state index contributed by atoms with van der Waals surface area (Å²) in [4.78, 5) is 17.5. The molecule has 1 unspecified atom stereocenters. The summed E-state index contributed by atoms with van der Waals surface area (Å²) in [5, 5.41) is 3.71. The predicted octanol–water partition coefficient (Wildman–Crippen LogP) is 4.78. The standard InChI is InChI=1S/C23H26ClN3O3/c1-4-5-14-30-19-11-8-17(15-20(19)29-3)23(28)26-21(22-25-12-13-27(22)2)16-6-9-18(24)10-7-16/h6-13,15,21H,4-5,14H2,1-3H3,(H,26,28). The van der Waals surface area contributed by atoms with E-state index >= 15 is 0 Å². The van der Waals surface area contributed by atoms with E-state index in [4.69, 9.17) is 21.1 Å². The van der Waals surface area contributed by atoms with Crippen molar-refractivity contribution in [3.05, 3.63) is 76.8 Å². The number of nitrogens with one attached hydrogen (secondary N) is 1. The summed E-state index contributed by atoms with van der Waals surface area (Å²) in [5.74, 6) is 1.63. The number of aryl methyl sites for hydroxylation is 1. The summed E-state index contributed by atoms with van der Waals surface area (Å²) in [6.45, 7) is 2.71. The Bertz CT molecular complexity index is 986. The van der Waals surface area contributed by atoms with Gasteiger partial charge in [-0.2, -0.15) is 0 Å². The number of hydrogen-bond donors (Lipinski definition) is 1. The molecule has 158 valence electrons. The van der Waals surface area contributed by atoms with Crippen LogP contribution < -0.4 is 14.8 Å². The first kappa shape index (κ1) is 21.7. The van der Waals surface area contributed by atoms with Crippen molar-refractivity contribution in [3.63, 3.8) is 0 Å². The molecule has 0 saturated carbocycles. The van der Waals surface area contributed by atoms with Gasteiger partial charge in [-0.25, -0.2) is 4.98 Å². The monoisotopic (exact) mass is 427 g/mol. The fourth-order valence-corrected chi connectivity index (χ4v) is 3.20. The fraction of sp³-hybridized carbons (Fsp3) is 0.304. The highest BCUT2D eigenvalue weighted by atomic mass is 35.5. The first-order valence-electron chi connectivity index (χ1n) is 9.87. The number of halogens is 1. The molecule has 0 bridgehead atoms. The van der Waals surface area contributed by atoms with Crippen LogP contribution in [0.1, 0.15) is 47.6 Å². The number of amides is 1. The van der Waals surface area contributed by atoms with E-state index in [2.05, 4.69) is 17.2 Å². The van der Waals surface area contributed by atoms with Crippen molar-refractivity contribution in [1.82, 2.24) is 14.9 Å². The van der Waals surface area contributed by atoms with Crippen LogP contribution in [0.3, 0.4) is 0 Å². The number of benzene rings is 2. The van der Waals surface area contributed by atoms with Gasteiger partial charge in [-0.15, -0.1) is 0 Å². The lowest BCUT2D eigenvalue weighted by atomic mass is 10.1. The molecular formula is C23H26ClN3O3. The van der Waals surface area contributed by atoms with Crippen molar-refractivity contribution in [2.45, 2.75) is 25.8 Å². The van der Waals surface area contributed by atoms with Gasteiger partial charge < -0.3 is 19.4 Å². The Kier molecular flexibility index (Phi) is 7.36. The van der Waals surface area contributed by atoms with E-state index in [-0.39, 0.29) is 5.91 Å². The maximum absolute atomic E-state index is 13.1. The van der Waals surface area contributed by atoms with Gasteiger partial charge in [-0.3, -0.25) is 4.79 Å². The molecule has 6 nitrogen and oxygen atoms in total. The van der Waals surface area contributed by atoms with Gasteiger partial charge in [0.05, 0.1) is 13.7 Å². The number of unbranched alkanes of at least 4 members (excludes halogenated alkanes) is 1. The molecule has 1 atom stereocenters. The molecule has 3 aromatic rings. The van der Waals surface area contributed by atoms with Gasteiger partial charge >= 0.3 is 0 Å². The van der Waals surface area contributed by atoms with Crippen molar-refractivity contribution in [2.75, 3.05) is 13.7 Å². The minimum absolute atomic E-state index is 0.239. The van der Waals surface area contributed by atoms with E-state index in [0.29, 0.717) is 28.7 Å². The number of carbonyl (C=O) groups excluding carboxylic acids is 1. The molecular weight excluding hydrogens is 402 g/mol. The molecule has 0 aliphatic heterocycles. The lowest BCUT2D eigenvalue weighted by molar-refractivity contribution is 0.0940. The van der Waals surface area contributed by atoms with Gasteiger partial charge in [0, 0.05) is 30.0 Å². The smallest absolute Gasteiger partial charge is 0.252 e. The average molecular weight is 428 g/mol. The highest BCUT2D eigenvalue weighted by Gasteiger charge is 2.22. The summed E-state index contributed by atoms with van der Waals surface area (Å²) >= 11 is 6.03. The third-order valence-corrected chi connectivity index (χ3v) is 5.03. The Morgan fingerprint density at radius 2 is 1.97 bits per heavy atom. The average Bonchev–Trinajstić information content (AvgIpc) is 3.18. The van der Waals surface area contributed by atoms with Crippen LogP contribution in [-0.2, 0) is 7.05 Å². The highest BCUT2D eigenvalue weighted by Crippen LogP contribution is 2.29. The maximum Gasteiger partial charge on any atom is 0.252 e. The van der Waals surface area contributed by atoms with Gasteiger partial charge in [-0.05, 0) is 42.3 Å². The van der Waals surface area contributed by atoms with Crippen LogP contribution >= 0.6 is 11.6 Å². The van der Waals surface area contributed by atoms with Gasteiger partial charge in [0.1, 0.15) is 11.9 Å². The molecule has 3 rings (SSSR count). The molecule has 1 amide bonds. The second-order valence-corrected chi connectivity index (χ2v) is 7.36. The molecule has 1 N–H and O–H groups in total. The Hall–Kier alpha value is -2.99. The minimum Gasteiger partial charge on any atom is -0.493 e. The van der Waals surface area contributed by atoms with Crippen molar-refractivity contribution in [3.8, 4) is 11.5 Å². The molecule has 1 aromatic heterocycles. The van der Waals surface area contributed by atoms with E-state index < -0.39 is 6.04 Å².